The first-order chi connectivity index (χ1) is 7.13. The van der Waals surface area contributed by atoms with Gasteiger partial charge in [-0.15, -0.1) is 0 Å². The van der Waals surface area contributed by atoms with Crippen molar-refractivity contribution >= 4 is 42.8 Å². The van der Waals surface area contributed by atoms with E-state index in [1.807, 2.05) is 18.2 Å². The predicted molar refractivity (Wildman–Crippen MR) is 69.5 cm³/mol. The molecular weight excluding hydrogens is 322 g/mol. The quantitative estimate of drug-likeness (QED) is 0.736. The van der Waals surface area contributed by atoms with Crippen molar-refractivity contribution < 1.29 is 0 Å². The summed E-state index contributed by atoms with van der Waals surface area (Å²) >= 11 is 6.81. The van der Waals surface area contributed by atoms with Crippen LogP contribution in [0.4, 0.5) is 0 Å². The first kappa shape index (κ1) is 10.9. The lowest BCUT2D eigenvalue weighted by Crippen LogP contribution is -2.16. The zero-order valence-electron chi connectivity index (χ0n) is 8.13. The van der Waals surface area contributed by atoms with E-state index in [-0.39, 0.29) is 5.56 Å². The maximum absolute atomic E-state index is 11.7. The summed E-state index contributed by atoms with van der Waals surface area (Å²) in [6, 6.07) is 7.64. The van der Waals surface area contributed by atoms with Gasteiger partial charge in [0.2, 0.25) is 0 Å². The molecule has 0 fully saturated rings. The highest BCUT2D eigenvalue weighted by atomic mass is 79.9. The van der Waals surface area contributed by atoms with Gasteiger partial charge in [0, 0.05) is 28.3 Å². The molecule has 0 aliphatic heterocycles. The monoisotopic (exact) mass is 329 g/mol. The van der Waals surface area contributed by atoms with Crippen molar-refractivity contribution in [3.63, 3.8) is 0 Å². The molecule has 2 aromatic rings. The second-order valence-corrected chi connectivity index (χ2v) is 4.84. The van der Waals surface area contributed by atoms with Crippen LogP contribution in [0.15, 0.2) is 33.5 Å². The van der Waals surface area contributed by atoms with Crippen LogP contribution in [0.25, 0.3) is 10.9 Å². The number of hydrogen-bond acceptors (Lipinski definition) is 1. The predicted octanol–water partition coefficient (Wildman–Crippen LogP) is 3.20. The summed E-state index contributed by atoms with van der Waals surface area (Å²) in [5.41, 5.74) is 2.00. The van der Waals surface area contributed by atoms with E-state index in [1.54, 1.807) is 17.7 Å². The van der Waals surface area contributed by atoms with Gasteiger partial charge >= 0.3 is 0 Å². The van der Waals surface area contributed by atoms with Crippen molar-refractivity contribution in [2.45, 2.75) is 5.33 Å². The van der Waals surface area contributed by atoms with Crippen molar-refractivity contribution in [1.29, 1.82) is 0 Å². The Hall–Kier alpha value is -0.610. The van der Waals surface area contributed by atoms with Crippen LogP contribution in [0.3, 0.4) is 0 Å². The molecular formula is C11H9Br2NO. The highest BCUT2D eigenvalue weighted by molar-refractivity contribution is 9.10. The van der Waals surface area contributed by atoms with E-state index in [4.69, 9.17) is 0 Å². The minimum Gasteiger partial charge on any atom is -0.311 e. The summed E-state index contributed by atoms with van der Waals surface area (Å²) < 4.78 is 2.64. The van der Waals surface area contributed by atoms with Gasteiger partial charge in [0.05, 0.1) is 5.52 Å². The molecule has 0 radical (unpaired) electrons. The summed E-state index contributed by atoms with van der Waals surface area (Å²) in [5.74, 6) is 0. The number of benzene rings is 1. The lowest BCUT2D eigenvalue weighted by molar-refractivity contribution is 0.902. The first-order valence-corrected chi connectivity index (χ1v) is 6.39. The molecule has 0 aliphatic carbocycles. The van der Waals surface area contributed by atoms with Crippen LogP contribution in [-0.4, -0.2) is 4.57 Å². The zero-order valence-corrected chi connectivity index (χ0v) is 11.3. The standard InChI is InChI=1S/C11H9Br2NO/c1-14-10-5-8(13)2-3-9(10)7(6-12)4-11(14)15/h2-5H,6H2,1H3. The number of rotatable bonds is 1. The van der Waals surface area contributed by atoms with Gasteiger partial charge in [-0.25, -0.2) is 0 Å². The lowest BCUT2D eigenvalue weighted by atomic mass is 10.1. The largest absolute Gasteiger partial charge is 0.311 e. The van der Waals surface area contributed by atoms with Crippen LogP contribution >= 0.6 is 31.9 Å². The Morgan fingerprint density at radius 1 is 1.33 bits per heavy atom. The second kappa shape index (κ2) is 4.10. The SMILES string of the molecule is Cn1c(=O)cc(CBr)c2ccc(Br)cc21. The van der Waals surface area contributed by atoms with E-state index in [0.29, 0.717) is 5.33 Å². The minimum absolute atomic E-state index is 0.0232. The number of fused-ring (bicyclic) bond motifs is 1. The van der Waals surface area contributed by atoms with Crippen LogP contribution in [0.1, 0.15) is 5.56 Å². The Labute approximate surface area is 104 Å². The Bertz CT molecular complexity index is 575. The molecule has 0 N–H and O–H groups in total. The van der Waals surface area contributed by atoms with E-state index < -0.39 is 0 Å². The number of halogens is 2. The van der Waals surface area contributed by atoms with Gasteiger partial charge in [0.25, 0.3) is 5.56 Å². The number of hydrogen-bond donors (Lipinski definition) is 0. The second-order valence-electron chi connectivity index (χ2n) is 3.36. The number of aromatic nitrogens is 1. The van der Waals surface area contributed by atoms with Crippen molar-refractivity contribution in [3.05, 3.63) is 44.7 Å². The highest BCUT2D eigenvalue weighted by Crippen LogP contribution is 2.22. The van der Waals surface area contributed by atoms with Gasteiger partial charge in [0.15, 0.2) is 0 Å². The summed E-state index contributed by atoms with van der Waals surface area (Å²) in [5, 5.41) is 1.80. The third-order valence-electron chi connectivity index (χ3n) is 2.44. The average Bonchev–Trinajstić information content (AvgIpc) is 2.23. The first-order valence-electron chi connectivity index (χ1n) is 4.47. The summed E-state index contributed by atoms with van der Waals surface area (Å²) in [4.78, 5) is 11.7. The fraction of sp³-hybridized carbons (Fsp3) is 0.182. The molecule has 0 atom stereocenters. The summed E-state index contributed by atoms with van der Waals surface area (Å²) in [6.07, 6.45) is 0. The molecule has 1 heterocycles. The topological polar surface area (TPSA) is 22.0 Å². The Morgan fingerprint density at radius 2 is 2.07 bits per heavy atom. The van der Waals surface area contributed by atoms with Gasteiger partial charge in [0.1, 0.15) is 0 Å². The maximum atomic E-state index is 11.7. The third kappa shape index (κ3) is 1.88. The van der Waals surface area contributed by atoms with Crippen molar-refractivity contribution in [2.75, 3.05) is 0 Å². The van der Waals surface area contributed by atoms with Gasteiger partial charge < -0.3 is 4.57 Å². The molecule has 4 heteroatoms. The van der Waals surface area contributed by atoms with Crippen molar-refractivity contribution in [1.82, 2.24) is 4.57 Å². The number of pyridine rings is 1. The molecule has 0 saturated heterocycles. The van der Waals surface area contributed by atoms with Gasteiger partial charge in [-0.05, 0) is 17.7 Å². The van der Waals surface area contributed by atoms with E-state index >= 15 is 0 Å². The van der Waals surface area contributed by atoms with Crippen LogP contribution in [-0.2, 0) is 12.4 Å². The minimum atomic E-state index is 0.0232. The number of alkyl halides is 1. The average molecular weight is 331 g/mol. The Kier molecular flexibility index (Phi) is 2.98. The zero-order chi connectivity index (χ0) is 11.0. The highest BCUT2D eigenvalue weighted by Gasteiger charge is 2.05. The lowest BCUT2D eigenvalue weighted by Gasteiger charge is -2.08. The molecule has 2 rings (SSSR count). The molecule has 0 bridgehead atoms. The van der Waals surface area contributed by atoms with Gasteiger partial charge in [-0.2, -0.15) is 0 Å². The molecule has 0 saturated carbocycles. The molecule has 15 heavy (non-hydrogen) atoms. The summed E-state index contributed by atoms with van der Waals surface area (Å²) in [7, 11) is 1.79. The van der Waals surface area contributed by atoms with Crippen LogP contribution in [0.5, 0.6) is 0 Å². The van der Waals surface area contributed by atoms with E-state index in [9.17, 15) is 4.79 Å². The molecule has 0 spiro atoms. The van der Waals surface area contributed by atoms with E-state index in [1.165, 1.54) is 0 Å². The van der Waals surface area contributed by atoms with Crippen molar-refractivity contribution in [2.24, 2.45) is 7.05 Å². The molecule has 1 aromatic carbocycles. The van der Waals surface area contributed by atoms with Crippen LogP contribution in [0, 0.1) is 0 Å². The fourth-order valence-electron chi connectivity index (χ4n) is 1.61. The van der Waals surface area contributed by atoms with Gasteiger partial charge in [-0.3, -0.25) is 4.79 Å². The molecule has 1 aromatic heterocycles. The summed E-state index contributed by atoms with van der Waals surface area (Å²) in [6.45, 7) is 0. The number of aryl methyl sites for hydroxylation is 1. The third-order valence-corrected chi connectivity index (χ3v) is 3.54. The molecule has 0 amide bonds. The Balaban J connectivity index is 2.96. The van der Waals surface area contributed by atoms with Crippen LogP contribution in [0.2, 0.25) is 0 Å². The van der Waals surface area contributed by atoms with E-state index in [0.717, 1.165) is 20.9 Å². The van der Waals surface area contributed by atoms with E-state index in [2.05, 4.69) is 31.9 Å². The fourth-order valence-corrected chi connectivity index (χ4v) is 2.42. The number of nitrogens with zero attached hydrogens (tertiary/aromatic N) is 1. The maximum Gasteiger partial charge on any atom is 0.251 e. The molecule has 0 aliphatic rings. The molecule has 78 valence electrons. The molecule has 2 nitrogen and oxygen atoms in total. The smallest absolute Gasteiger partial charge is 0.251 e. The van der Waals surface area contributed by atoms with Gasteiger partial charge in [-0.1, -0.05) is 37.9 Å². The Morgan fingerprint density at radius 3 is 2.73 bits per heavy atom. The van der Waals surface area contributed by atoms with Crippen molar-refractivity contribution in [3.8, 4) is 0 Å². The van der Waals surface area contributed by atoms with Crippen LogP contribution < -0.4 is 5.56 Å². The normalized spacial score (nSPS) is 10.9. The molecule has 0 unspecified atom stereocenters.